The minimum absolute atomic E-state index is 0.0761. The van der Waals surface area contributed by atoms with E-state index in [9.17, 15) is 4.79 Å². The van der Waals surface area contributed by atoms with Gasteiger partial charge in [0.15, 0.2) is 5.96 Å². The molecule has 154 valence electrons. The van der Waals surface area contributed by atoms with Crippen molar-refractivity contribution in [2.45, 2.75) is 32.6 Å². The zero-order valence-corrected chi connectivity index (χ0v) is 17.2. The molecule has 0 aromatic heterocycles. The Labute approximate surface area is 172 Å². The van der Waals surface area contributed by atoms with Crippen molar-refractivity contribution in [1.82, 2.24) is 10.6 Å². The molecule has 6 nitrogen and oxygen atoms in total. The molecule has 6 heteroatoms. The number of amides is 1. The number of hydrogen-bond acceptors (Lipinski definition) is 3. The zero-order chi connectivity index (χ0) is 20.5. The van der Waals surface area contributed by atoms with Gasteiger partial charge in [0.1, 0.15) is 12.4 Å². The zero-order valence-electron chi connectivity index (χ0n) is 17.2. The number of nitrogens with one attached hydrogen (secondary N) is 3. The van der Waals surface area contributed by atoms with Gasteiger partial charge in [0.2, 0.25) is 5.91 Å². The molecule has 0 fully saturated rings. The Morgan fingerprint density at radius 3 is 2.79 bits per heavy atom. The Bertz CT molecular complexity index is 836. The lowest BCUT2D eigenvalue weighted by Gasteiger charge is -2.18. The minimum Gasteiger partial charge on any atom is -0.492 e. The van der Waals surface area contributed by atoms with Gasteiger partial charge in [0.25, 0.3) is 0 Å². The van der Waals surface area contributed by atoms with E-state index in [1.54, 1.807) is 0 Å². The molecule has 2 aromatic rings. The molecular formula is C23H30N4O2. The summed E-state index contributed by atoms with van der Waals surface area (Å²) in [6.45, 7) is 6.95. The summed E-state index contributed by atoms with van der Waals surface area (Å²) < 4.78 is 5.86. The van der Waals surface area contributed by atoms with E-state index < -0.39 is 0 Å². The molecule has 0 spiro atoms. The van der Waals surface area contributed by atoms with Crippen LogP contribution in [0, 0.1) is 0 Å². The fourth-order valence-corrected chi connectivity index (χ4v) is 3.24. The molecule has 3 N–H and O–H groups in total. The first kappa shape index (κ1) is 20.7. The summed E-state index contributed by atoms with van der Waals surface area (Å²) in [6, 6.07) is 16.2. The van der Waals surface area contributed by atoms with Crippen molar-refractivity contribution in [1.29, 1.82) is 0 Å². The average Bonchev–Trinajstić information content (AvgIpc) is 2.75. The van der Waals surface area contributed by atoms with Crippen LogP contribution >= 0.6 is 0 Å². The van der Waals surface area contributed by atoms with Crippen LogP contribution in [0.25, 0.3) is 0 Å². The van der Waals surface area contributed by atoms with Crippen molar-refractivity contribution in [3.05, 3.63) is 59.7 Å². The van der Waals surface area contributed by atoms with Crippen molar-refractivity contribution in [2.75, 3.05) is 31.6 Å². The van der Waals surface area contributed by atoms with Gasteiger partial charge in [-0.25, -0.2) is 0 Å². The number of benzene rings is 2. The van der Waals surface area contributed by atoms with Gasteiger partial charge < -0.3 is 20.7 Å². The summed E-state index contributed by atoms with van der Waals surface area (Å²) in [5.74, 6) is 2.06. The number of anilines is 1. The molecule has 2 aromatic carbocycles. The topological polar surface area (TPSA) is 74.8 Å². The van der Waals surface area contributed by atoms with Crippen LogP contribution in [0.1, 0.15) is 37.3 Å². The molecule has 0 saturated carbocycles. The highest BCUT2D eigenvalue weighted by atomic mass is 16.5. The van der Waals surface area contributed by atoms with E-state index in [0.717, 1.165) is 42.5 Å². The van der Waals surface area contributed by atoms with E-state index in [4.69, 9.17) is 9.73 Å². The standard InChI is InChI=1S/C23H30N4O2/c1-3-24-23(26-16-17(2)18-7-5-4-6-8-18)25-13-14-29-20-10-11-21-19(15-20)9-12-22(28)27-21/h4-8,10-11,15,17H,3,9,12-14,16H2,1-2H3,(H,27,28)(H2,24,25,26). The Balaban J connectivity index is 1.46. The van der Waals surface area contributed by atoms with Gasteiger partial charge in [-0.05, 0) is 42.7 Å². The SMILES string of the molecule is CCNC(=NCC(C)c1ccccc1)NCCOc1ccc2c(c1)CCC(=O)N2. The third-order valence-corrected chi connectivity index (χ3v) is 4.87. The molecule has 1 heterocycles. The van der Waals surface area contributed by atoms with E-state index >= 15 is 0 Å². The van der Waals surface area contributed by atoms with Gasteiger partial charge in [-0.15, -0.1) is 0 Å². The molecule has 1 amide bonds. The molecular weight excluding hydrogens is 364 g/mol. The molecule has 0 saturated heterocycles. The second-order valence-electron chi connectivity index (χ2n) is 7.17. The molecule has 1 aliphatic rings. The summed E-state index contributed by atoms with van der Waals surface area (Å²) in [5.41, 5.74) is 3.31. The van der Waals surface area contributed by atoms with Crippen LogP contribution < -0.4 is 20.7 Å². The lowest BCUT2D eigenvalue weighted by molar-refractivity contribution is -0.116. The van der Waals surface area contributed by atoms with Crippen LogP contribution in [0.5, 0.6) is 5.75 Å². The first-order chi connectivity index (χ1) is 14.2. The van der Waals surface area contributed by atoms with Gasteiger partial charge in [-0.2, -0.15) is 0 Å². The van der Waals surface area contributed by atoms with E-state index in [1.807, 2.05) is 24.3 Å². The summed E-state index contributed by atoms with van der Waals surface area (Å²) in [5, 5.41) is 9.49. The second-order valence-corrected chi connectivity index (χ2v) is 7.17. The smallest absolute Gasteiger partial charge is 0.224 e. The van der Waals surface area contributed by atoms with Crippen molar-refractivity contribution in [3.8, 4) is 5.75 Å². The number of fused-ring (bicyclic) bond motifs is 1. The van der Waals surface area contributed by atoms with E-state index in [-0.39, 0.29) is 5.91 Å². The van der Waals surface area contributed by atoms with Crippen LogP contribution in [-0.2, 0) is 11.2 Å². The van der Waals surface area contributed by atoms with Crippen LogP contribution in [0.15, 0.2) is 53.5 Å². The number of aliphatic imine (C=N–C) groups is 1. The molecule has 0 aliphatic carbocycles. The van der Waals surface area contributed by atoms with Crippen molar-refractivity contribution < 1.29 is 9.53 Å². The first-order valence-electron chi connectivity index (χ1n) is 10.3. The Kier molecular flexibility index (Phi) is 7.50. The Hall–Kier alpha value is -3.02. The highest BCUT2D eigenvalue weighted by Crippen LogP contribution is 2.26. The van der Waals surface area contributed by atoms with Crippen molar-refractivity contribution >= 4 is 17.6 Å². The highest BCUT2D eigenvalue weighted by molar-refractivity contribution is 5.94. The molecule has 0 bridgehead atoms. The molecule has 29 heavy (non-hydrogen) atoms. The predicted molar refractivity (Wildman–Crippen MR) is 118 cm³/mol. The lowest BCUT2D eigenvalue weighted by atomic mass is 10.0. The number of carbonyl (C=O) groups is 1. The van der Waals surface area contributed by atoms with Crippen LogP contribution in [-0.4, -0.2) is 38.1 Å². The van der Waals surface area contributed by atoms with Crippen LogP contribution in [0.3, 0.4) is 0 Å². The normalized spacial score (nSPS) is 14.6. The van der Waals surface area contributed by atoms with Gasteiger partial charge >= 0.3 is 0 Å². The van der Waals surface area contributed by atoms with Gasteiger partial charge in [-0.1, -0.05) is 37.3 Å². The fraction of sp³-hybridized carbons (Fsp3) is 0.391. The molecule has 0 radical (unpaired) electrons. The predicted octanol–water partition coefficient (Wildman–Crippen LogP) is 3.31. The summed E-state index contributed by atoms with van der Waals surface area (Å²) in [6.07, 6.45) is 1.29. The maximum absolute atomic E-state index is 11.4. The number of aryl methyl sites for hydroxylation is 1. The van der Waals surface area contributed by atoms with Gasteiger partial charge in [-0.3, -0.25) is 9.79 Å². The van der Waals surface area contributed by atoms with E-state index in [0.29, 0.717) is 25.5 Å². The minimum atomic E-state index is 0.0761. The number of hydrogen-bond donors (Lipinski definition) is 3. The Morgan fingerprint density at radius 2 is 2.00 bits per heavy atom. The Morgan fingerprint density at radius 1 is 1.17 bits per heavy atom. The maximum atomic E-state index is 11.4. The summed E-state index contributed by atoms with van der Waals surface area (Å²) in [4.78, 5) is 16.1. The lowest BCUT2D eigenvalue weighted by Crippen LogP contribution is -2.39. The fourth-order valence-electron chi connectivity index (χ4n) is 3.24. The third kappa shape index (κ3) is 6.24. The quantitative estimate of drug-likeness (QED) is 0.365. The van der Waals surface area contributed by atoms with E-state index in [2.05, 4.69) is 54.1 Å². The molecule has 3 rings (SSSR count). The number of guanidine groups is 1. The molecule has 1 atom stereocenters. The second kappa shape index (κ2) is 10.5. The number of carbonyl (C=O) groups excluding carboxylic acids is 1. The molecule has 1 unspecified atom stereocenters. The van der Waals surface area contributed by atoms with Crippen LogP contribution in [0.2, 0.25) is 0 Å². The largest absolute Gasteiger partial charge is 0.492 e. The first-order valence-corrected chi connectivity index (χ1v) is 10.3. The summed E-state index contributed by atoms with van der Waals surface area (Å²) in [7, 11) is 0. The van der Waals surface area contributed by atoms with Crippen molar-refractivity contribution in [2.24, 2.45) is 4.99 Å². The number of ether oxygens (including phenoxy) is 1. The van der Waals surface area contributed by atoms with Crippen molar-refractivity contribution in [3.63, 3.8) is 0 Å². The third-order valence-electron chi connectivity index (χ3n) is 4.87. The van der Waals surface area contributed by atoms with E-state index in [1.165, 1.54) is 5.56 Å². The maximum Gasteiger partial charge on any atom is 0.224 e. The van der Waals surface area contributed by atoms with Gasteiger partial charge in [0.05, 0.1) is 6.54 Å². The number of nitrogens with zero attached hydrogens (tertiary/aromatic N) is 1. The number of rotatable bonds is 8. The summed E-state index contributed by atoms with van der Waals surface area (Å²) >= 11 is 0. The van der Waals surface area contributed by atoms with Gasteiger partial charge in [0, 0.05) is 31.1 Å². The average molecular weight is 395 g/mol. The monoisotopic (exact) mass is 394 g/mol. The highest BCUT2D eigenvalue weighted by Gasteiger charge is 2.15. The molecule has 1 aliphatic heterocycles. The van der Waals surface area contributed by atoms with Crippen LogP contribution in [0.4, 0.5) is 5.69 Å².